The molecule has 1 N–H and O–H groups in total. The second kappa shape index (κ2) is 6.44. The molecule has 2 fully saturated rings. The van der Waals surface area contributed by atoms with Gasteiger partial charge in [-0.2, -0.15) is 0 Å². The third-order valence-electron chi connectivity index (χ3n) is 4.62. The number of hydrogen-bond donors (Lipinski definition) is 1. The highest BCUT2D eigenvalue weighted by atomic mass is 35.5. The van der Waals surface area contributed by atoms with Gasteiger partial charge < -0.3 is 14.9 Å². The van der Waals surface area contributed by atoms with Crippen molar-refractivity contribution < 1.29 is 9.90 Å². The van der Waals surface area contributed by atoms with Gasteiger partial charge in [0.15, 0.2) is 0 Å². The molecular formula is C16H22ClN3O2. The number of aromatic hydroxyl groups is 1. The smallest absolute Gasteiger partial charge is 0.227 e. The Morgan fingerprint density at radius 2 is 2.05 bits per heavy atom. The third-order valence-corrected chi connectivity index (χ3v) is 4.92. The van der Waals surface area contributed by atoms with Crippen molar-refractivity contribution in [1.29, 1.82) is 0 Å². The van der Waals surface area contributed by atoms with Crippen LogP contribution in [0.4, 0.5) is 0 Å². The SMILES string of the molecule is CN1CCN2CCN(C(=O)Cc3ccc(O)c(Cl)c3)CC2C1. The highest BCUT2D eigenvalue weighted by Crippen LogP contribution is 2.24. The molecule has 3 rings (SSSR count). The van der Waals surface area contributed by atoms with Crippen LogP contribution in [0.3, 0.4) is 0 Å². The Morgan fingerprint density at radius 3 is 2.82 bits per heavy atom. The van der Waals surface area contributed by atoms with Crippen LogP contribution in [0.5, 0.6) is 5.75 Å². The maximum atomic E-state index is 12.5. The topological polar surface area (TPSA) is 47.0 Å². The summed E-state index contributed by atoms with van der Waals surface area (Å²) in [5, 5.41) is 9.74. The average Bonchev–Trinajstić information content (AvgIpc) is 2.50. The lowest BCUT2D eigenvalue weighted by molar-refractivity contribution is -0.134. The molecule has 0 spiro atoms. The molecule has 0 bridgehead atoms. The van der Waals surface area contributed by atoms with Crippen LogP contribution in [0.2, 0.25) is 5.02 Å². The lowest BCUT2D eigenvalue weighted by Crippen LogP contribution is -2.62. The standard InChI is InChI=1S/C16H22ClN3O2/c1-18-4-5-19-6-7-20(11-13(19)10-18)16(22)9-12-2-3-15(21)14(17)8-12/h2-3,8,13,21H,4-7,9-11H2,1H3. The van der Waals surface area contributed by atoms with Crippen LogP contribution in [-0.2, 0) is 11.2 Å². The second-order valence-corrected chi connectivity index (χ2v) is 6.66. The average molecular weight is 324 g/mol. The summed E-state index contributed by atoms with van der Waals surface area (Å²) in [4.78, 5) is 19.3. The van der Waals surface area contributed by atoms with Crippen molar-refractivity contribution in [2.24, 2.45) is 0 Å². The number of phenols is 1. The van der Waals surface area contributed by atoms with E-state index in [1.54, 1.807) is 18.2 Å². The van der Waals surface area contributed by atoms with E-state index in [1.807, 2.05) is 4.90 Å². The summed E-state index contributed by atoms with van der Waals surface area (Å²) in [6.07, 6.45) is 0.336. The maximum absolute atomic E-state index is 12.5. The molecule has 2 aliphatic heterocycles. The van der Waals surface area contributed by atoms with Crippen molar-refractivity contribution in [3.8, 4) is 5.75 Å². The molecule has 0 aromatic heterocycles. The summed E-state index contributed by atoms with van der Waals surface area (Å²) in [6, 6.07) is 5.40. The van der Waals surface area contributed by atoms with E-state index < -0.39 is 0 Å². The number of carbonyl (C=O) groups excluding carboxylic acids is 1. The van der Waals surface area contributed by atoms with Gasteiger partial charge in [-0.15, -0.1) is 0 Å². The number of halogens is 1. The second-order valence-electron chi connectivity index (χ2n) is 6.25. The zero-order valence-electron chi connectivity index (χ0n) is 12.8. The van der Waals surface area contributed by atoms with Gasteiger partial charge in [0.05, 0.1) is 11.4 Å². The van der Waals surface area contributed by atoms with Crippen LogP contribution in [-0.4, -0.2) is 78.1 Å². The summed E-state index contributed by atoms with van der Waals surface area (Å²) >= 11 is 5.90. The van der Waals surface area contributed by atoms with Gasteiger partial charge in [0.2, 0.25) is 5.91 Å². The number of rotatable bonds is 2. The Kier molecular flexibility index (Phi) is 4.57. The van der Waals surface area contributed by atoms with Crippen LogP contribution >= 0.6 is 11.6 Å². The number of hydrogen-bond acceptors (Lipinski definition) is 4. The van der Waals surface area contributed by atoms with Crippen molar-refractivity contribution in [2.45, 2.75) is 12.5 Å². The Hall–Kier alpha value is -1.30. The Labute approximate surface area is 136 Å². The first-order valence-electron chi connectivity index (χ1n) is 7.70. The van der Waals surface area contributed by atoms with E-state index >= 15 is 0 Å². The van der Waals surface area contributed by atoms with E-state index in [-0.39, 0.29) is 11.7 Å². The van der Waals surface area contributed by atoms with Crippen molar-refractivity contribution in [3.63, 3.8) is 0 Å². The fraction of sp³-hybridized carbons (Fsp3) is 0.562. The predicted octanol–water partition coefficient (Wildman–Crippen LogP) is 1.05. The molecule has 5 nitrogen and oxygen atoms in total. The van der Waals surface area contributed by atoms with Crippen molar-refractivity contribution in [3.05, 3.63) is 28.8 Å². The molecule has 1 aromatic rings. The van der Waals surface area contributed by atoms with Gasteiger partial charge in [-0.1, -0.05) is 17.7 Å². The third kappa shape index (κ3) is 3.37. The minimum Gasteiger partial charge on any atom is -0.506 e. The van der Waals surface area contributed by atoms with Crippen molar-refractivity contribution in [1.82, 2.24) is 14.7 Å². The van der Waals surface area contributed by atoms with E-state index in [9.17, 15) is 9.90 Å². The van der Waals surface area contributed by atoms with Gasteiger partial charge in [-0.25, -0.2) is 0 Å². The van der Waals surface area contributed by atoms with Crippen LogP contribution < -0.4 is 0 Å². The summed E-state index contributed by atoms with van der Waals surface area (Å²) in [5.74, 6) is 0.186. The maximum Gasteiger partial charge on any atom is 0.227 e. The lowest BCUT2D eigenvalue weighted by Gasteiger charge is -2.46. The molecule has 2 heterocycles. The van der Waals surface area contributed by atoms with Crippen LogP contribution in [0.25, 0.3) is 0 Å². The molecule has 1 atom stereocenters. The molecule has 1 amide bonds. The van der Waals surface area contributed by atoms with Crippen LogP contribution in [0.15, 0.2) is 18.2 Å². The van der Waals surface area contributed by atoms with Crippen LogP contribution in [0.1, 0.15) is 5.56 Å². The Morgan fingerprint density at radius 1 is 1.27 bits per heavy atom. The molecule has 0 saturated carbocycles. The molecule has 6 heteroatoms. The van der Waals surface area contributed by atoms with Crippen molar-refractivity contribution in [2.75, 3.05) is 46.3 Å². The molecule has 1 unspecified atom stereocenters. The molecule has 2 aliphatic rings. The first kappa shape index (κ1) is 15.6. The summed E-state index contributed by atoms with van der Waals surface area (Å²) in [6.45, 7) is 5.78. The minimum atomic E-state index is 0.0525. The fourth-order valence-electron chi connectivity index (χ4n) is 3.28. The van der Waals surface area contributed by atoms with E-state index in [4.69, 9.17) is 11.6 Å². The predicted molar refractivity (Wildman–Crippen MR) is 86.3 cm³/mol. The molecule has 120 valence electrons. The quantitative estimate of drug-likeness (QED) is 0.883. The molecular weight excluding hydrogens is 302 g/mol. The van der Waals surface area contributed by atoms with E-state index in [0.29, 0.717) is 17.5 Å². The number of amides is 1. The largest absolute Gasteiger partial charge is 0.506 e. The van der Waals surface area contributed by atoms with Gasteiger partial charge in [0.1, 0.15) is 5.75 Å². The number of fused-ring (bicyclic) bond motifs is 1. The number of benzene rings is 1. The normalized spacial score (nSPS) is 23.4. The minimum absolute atomic E-state index is 0.0525. The zero-order chi connectivity index (χ0) is 15.7. The fourth-order valence-corrected chi connectivity index (χ4v) is 3.49. The number of phenolic OH excluding ortho intramolecular Hbond substituents is 1. The Bertz CT molecular complexity index is 566. The summed E-state index contributed by atoms with van der Waals surface area (Å²) in [7, 11) is 2.14. The van der Waals surface area contributed by atoms with Gasteiger partial charge in [-0.05, 0) is 24.7 Å². The number of nitrogens with zero attached hydrogens (tertiary/aromatic N) is 3. The molecule has 22 heavy (non-hydrogen) atoms. The van der Waals surface area contributed by atoms with Crippen LogP contribution in [0, 0.1) is 0 Å². The van der Waals surface area contributed by atoms with Gasteiger partial charge >= 0.3 is 0 Å². The first-order chi connectivity index (χ1) is 10.5. The molecule has 1 aromatic carbocycles. The number of likely N-dealkylation sites (N-methyl/N-ethyl adjacent to an activating group) is 1. The van der Waals surface area contributed by atoms with E-state index in [1.165, 1.54) is 0 Å². The highest BCUT2D eigenvalue weighted by Gasteiger charge is 2.32. The van der Waals surface area contributed by atoms with Crippen molar-refractivity contribution >= 4 is 17.5 Å². The summed E-state index contributed by atoms with van der Waals surface area (Å²) in [5.41, 5.74) is 0.844. The molecule has 2 saturated heterocycles. The van der Waals surface area contributed by atoms with E-state index in [0.717, 1.165) is 44.8 Å². The van der Waals surface area contributed by atoms with Gasteiger partial charge in [0, 0.05) is 45.3 Å². The lowest BCUT2D eigenvalue weighted by atomic mass is 10.1. The van der Waals surface area contributed by atoms with E-state index in [2.05, 4.69) is 16.8 Å². The number of piperazine rings is 2. The number of carbonyl (C=O) groups is 1. The zero-order valence-corrected chi connectivity index (χ0v) is 13.6. The highest BCUT2D eigenvalue weighted by molar-refractivity contribution is 6.32. The Balaban J connectivity index is 1.61. The monoisotopic (exact) mass is 323 g/mol. The molecule has 0 aliphatic carbocycles. The van der Waals surface area contributed by atoms with Gasteiger partial charge in [-0.3, -0.25) is 9.69 Å². The first-order valence-corrected chi connectivity index (χ1v) is 8.08. The summed E-state index contributed by atoms with van der Waals surface area (Å²) < 4.78 is 0. The van der Waals surface area contributed by atoms with Gasteiger partial charge in [0.25, 0.3) is 0 Å². The molecule has 0 radical (unpaired) electrons.